The largest absolute Gasteiger partial charge is 0.497 e. The van der Waals surface area contributed by atoms with Gasteiger partial charge in [-0.05, 0) is 42.3 Å². The second kappa shape index (κ2) is 6.44. The first-order valence-corrected chi connectivity index (χ1v) is 6.07. The zero-order valence-electron chi connectivity index (χ0n) is 11.3. The first-order valence-electron chi connectivity index (χ1n) is 6.07. The van der Waals surface area contributed by atoms with Crippen molar-refractivity contribution < 1.29 is 14.3 Å². The quantitative estimate of drug-likeness (QED) is 0.633. The van der Waals surface area contributed by atoms with Crippen LogP contribution in [0.4, 0.5) is 0 Å². The van der Waals surface area contributed by atoms with Crippen molar-refractivity contribution in [2.24, 2.45) is 0 Å². The predicted octanol–water partition coefficient (Wildman–Crippen LogP) is 2.94. The molecule has 0 atom stereocenters. The van der Waals surface area contributed by atoms with E-state index in [2.05, 4.69) is 11.8 Å². The van der Waals surface area contributed by atoms with E-state index >= 15 is 0 Å². The molecule has 0 saturated carbocycles. The first kappa shape index (κ1) is 13.7. The van der Waals surface area contributed by atoms with Gasteiger partial charge in [0.05, 0.1) is 14.2 Å². The van der Waals surface area contributed by atoms with Crippen LogP contribution in [0.1, 0.15) is 15.9 Å². The third-order valence-corrected chi connectivity index (χ3v) is 2.74. The molecule has 3 heteroatoms. The van der Waals surface area contributed by atoms with E-state index in [1.807, 2.05) is 12.1 Å². The molecular weight excluding hydrogens is 252 g/mol. The van der Waals surface area contributed by atoms with Crippen molar-refractivity contribution in [1.82, 2.24) is 0 Å². The molecule has 100 valence electrons. The van der Waals surface area contributed by atoms with Gasteiger partial charge in [0, 0.05) is 11.1 Å². The number of rotatable bonds is 3. The molecule has 0 aliphatic heterocycles. The Labute approximate surface area is 118 Å². The van der Waals surface area contributed by atoms with Gasteiger partial charge in [0.25, 0.3) is 0 Å². The number of carbonyl (C=O) groups excluding carboxylic acids is 1. The summed E-state index contributed by atoms with van der Waals surface area (Å²) in [5.41, 5.74) is 1.28. The van der Waals surface area contributed by atoms with E-state index < -0.39 is 0 Å². The molecule has 0 aromatic heterocycles. The van der Waals surface area contributed by atoms with Crippen LogP contribution in [0.3, 0.4) is 0 Å². The highest BCUT2D eigenvalue weighted by Crippen LogP contribution is 2.13. The van der Waals surface area contributed by atoms with E-state index in [-0.39, 0.29) is 5.78 Å². The highest BCUT2D eigenvalue weighted by Gasteiger charge is 2.03. The van der Waals surface area contributed by atoms with Gasteiger partial charge in [-0.1, -0.05) is 18.1 Å². The van der Waals surface area contributed by atoms with Gasteiger partial charge in [-0.25, -0.2) is 0 Å². The monoisotopic (exact) mass is 266 g/mol. The minimum atomic E-state index is -0.236. The molecule has 3 nitrogen and oxygen atoms in total. The van der Waals surface area contributed by atoms with Crippen LogP contribution in [0.2, 0.25) is 0 Å². The lowest BCUT2D eigenvalue weighted by atomic mass is 10.1. The second-order valence-electron chi connectivity index (χ2n) is 4.04. The normalized spacial score (nSPS) is 9.30. The highest BCUT2D eigenvalue weighted by atomic mass is 16.5. The summed E-state index contributed by atoms with van der Waals surface area (Å²) in [6.07, 6.45) is 0. The van der Waals surface area contributed by atoms with Crippen LogP contribution in [-0.4, -0.2) is 20.0 Å². The summed E-state index contributed by atoms with van der Waals surface area (Å²) in [4.78, 5) is 12.0. The number of carbonyl (C=O) groups is 1. The molecule has 0 fully saturated rings. The number of ether oxygens (including phenoxy) is 2. The summed E-state index contributed by atoms with van der Waals surface area (Å²) in [5, 5.41) is 0. The number of Topliss-reactive ketones (excluding diaryl/α,β-unsaturated/α-hetero) is 1. The van der Waals surface area contributed by atoms with Gasteiger partial charge in [0.15, 0.2) is 0 Å². The Balaban J connectivity index is 2.16. The summed E-state index contributed by atoms with van der Waals surface area (Å²) >= 11 is 0. The maximum absolute atomic E-state index is 12.0. The van der Waals surface area contributed by atoms with Gasteiger partial charge in [0.2, 0.25) is 5.78 Å². The molecule has 0 amide bonds. The van der Waals surface area contributed by atoms with E-state index in [4.69, 9.17) is 9.47 Å². The molecule has 20 heavy (non-hydrogen) atoms. The topological polar surface area (TPSA) is 35.5 Å². The van der Waals surface area contributed by atoms with E-state index in [0.717, 1.165) is 11.3 Å². The van der Waals surface area contributed by atoms with E-state index in [0.29, 0.717) is 11.3 Å². The zero-order valence-corrected chi connectivity index (χ0v) is 11.3. The second-order valence-corrected chi connectivity index (χ2v) is 4.04. The van der Waals surface area contributed by atoms with Gasteiger partial charge in [-0.15, -0.1) is 0 Å². The summed E-state index contributed by atoms with van der Waals surface area (Å²) in [5.74, 6) is 6.62. The van der Waals surface area contributed by atoms with Gasteiger partial charge < -0.3 is 9.47 Å². The van der Waals surface area contributed by atoms with Crippen LogP contribution in [0, 0.1) is 11.8 Å². The highest BCUT2D eigenvalue weighted by molar-refractivity contribution is 6.09. The molecule has 2 aromatic rings. The Morgan fingerprint density at radius 1 is 0.950 bits per heavy atom. The van der Waals surface area contributed by atoms with Crippen molar-refractivity contribution in [2.75, 3.05) is 14.2 Å². The van der Waals surface area contributed by atoms with Crippen molar-refractivity contribution in [3.8, 4) is 23.3 Å². The molecule has 0 radical (unpaired) electrons. The van der Waals surface area contributed by atoms with Crippen LogP contribution in [0.5, 0.6) is 11.5 Å². The Morgan fingerprint density at radius 2 is 1.65 bits per heavy atom. The van der Waals surface area contributed by atoms with E-state index in [1.54, 1.807) is 50.6 Å². The van der Waals surface area contributed by atoms with Crippen molar-refractivity contribution in [3.05, 3.63) is 59.7 Å². The number of methoxy groups -OCH3 is 2. The Kier molecular flexibility index (Phi) is 4.41. The van der Waals surface area contributed by atoms with Crippen molar-refractivity contribution in [2.45, 2.75) is 0 Å². The molecule has 0 bridgehead atoms. The van der Waals surface area contributed by atoms with Crippen molar-refractivity contribution in [3.63, 3.8) is 0 Å². The average Bonchev–Trinajstić information content (AvgIpc) is 2.53. The number of ketones is 1. The molecule has 0 N–H and O–H groups in total. The van der Waals surface area contributed by atoms with Gasteiger partial charge >= 0.3 is 0 Å². The van der Waals surface area contributed by atoms with E-state index in [9.17, 15) is 4.79 Å². The maximum atomic E-state index is 12.0. The standard InChI is InChI=1S/C17H14O3/c1-19-15-9-6-13(7-10-15)8-11-17(18)14-4-3-5-16(12-14)20-2/h3-7,9-10,12H,1-2H3. The molecule has 0 spiro atoms. The molecular formula is C17H14O3. The Hall–Kier alpha value is -2.73. The van der Waals surface area contributed by atoms with Crippen molar-refractivity contribution >= 4 is 5.78 Å². The Morgan fingerprint density at radius 3 is 2.30 bits per heavy atom. The maximum Gasteiger partial charge on any atom is 0.236 e. The fraction of sp³-hybridized carbons (Fsp3) is 0.118. The van der Waals surface area contributed by atoms with Crippen LogP contribution in [0.25, 0.3) is 0 Å². The smallest absolute Gasteiger partial charge is 0.236 e. The molecule has 0 saturated heterocycles. The third kappa shape index (κ3) is 3.39. The first-order chi connectivity index (χ1) is 9.72. The van der Waals surface area contributed by atoms with E-state index in [1.165, 1.54) is 0 Å². The number of hydrogen-bond acceptors (Lipinski definition) is 3. The number of hydrogen-bond donors (Lipinski definition) is 0. The van der Waals surface area contributed by atoms with Crippen molar-refractivity contribution in [1.29, 1.82) is 0 Å². The summed E-state index contributed by atoms with van der Waals surface area (Å²) in [6.45, 7) is 0. The van der Waals surface area contributed by atoms with Crippen LogP contribution in [-0.2, 0) is 0 Å². The minimum absolute atomic E-state index is 0.236. The molecule has 0 heterocycles. The fourth-order valence-corrected chi connectivity index (χ4v) is 1.64. The van der Waals surface area contributed by atoms with Gasteiger partial charge in [-0.3, -0.25) is 4.79 Å². The predicted molar refractivity (Wildman–Crippen MR) is 77.2 cm³/mol. The molecule has 0 aliphatic carbocycles. The SMILES string of the molecule is COc1ccc(C#CC(=O)c2cccc(OC)c2)cc1. The summed E-state index contributed by atoms with van der Waals surface area (Å²) in [7, 11) is 3.17. The minimum Gasteiger partial charge on any atom is -0.497 e. The fourth-order valence-electron chi connectivity index (χ4n) is 1.64. The third-order valence-electron chi connectivity index (χ3n) is 2.74. The molecule has 0 aliphatic rings. The Bertz CT molecular complexity index is 661. The average molecular weight is 266 g/mol. The lowest BCUT2D eigenvalue weighted by molar-refractivity contribution is 0.105. The lowest BCUT2D eigenvalue weighted by Crippen LogP contribution is -1.95. The molecule has 0 unspecified atom stereocenters. The van der Waals surface area contributed by atoms with Gasteiger partial charge in [0.1, 0.15) is 11.5 Å². The van der Waals surface area contributed by atoms with Crippen LogP contribution >= 0.6 is 0 Å². The van der Waals surface area contributed by atoms with Crippen LogP contribution < -0.4 is 9.47 Å². The zero-order chi connectivity index (χ0) is 14.4. The summed E-state index contributed by atoms with van der Waals surface area (Å²) in [6, 6.07) is 14.2. The number of benzene rings is 2. The molecule has 2 aromatic carbocycles. The van der Waals surface area contributed by atoms with Gasteiger partial charge in [-0.2, -0.15) is 0 Å². The molecule has 2 rings (SSSR count). The summed E-state index contributed by atoms with van der Waals surface area (Å²) < 4.78 is 10.1. The lowest BCUT2D eigenvalue weighted by Gasteiger charge is -2.00. The van der Waals surface area contributed by atoms with Crippen LogP contribution in [0.15, 0.2) is 48.5 Å².